The van der Waals surface area contributed by atoms with E-state index in [9.17, 15) is 9.59 Å². The number of hydrogen-bond acceptors (Lipinski definition) is 4. The van der Waals surface area contributed by atoms with Gasteiger partial charge >= 0.3 is 0 Å². The van der Waals surface area contributed by atoms with Crippen molar-refractivity contribution in [2.75, 3.05) is 6.79 Å². The van der Waals surface area contributed by atoms with Crippen LogP contribution in [-0.4, -0.2) is 18.4 Å². The highest BCUT2D eigenvalue weighted by Gasteiger charge is 2.21. The van der Waals surface area contributed by atoms with E-state index in [1.807, 2.05) is 30.3 Å². The maximum atomic E-state index is 12.7. The van der Waals surface area contributed by atoms with E-state index in [0.717, 1.165) is 40.4 Å². The molecule has 0 unspecified atom stereocenters. The van der Waals surface area contributed by atoms with Crippen LogP contribution in [0.2, 0.25) is 0 Å². The van der Waals surface area contributed by atoms with E-state index < -0.39 is 0 Å². The van der Waals surface area contributed by atoms with Gasteiger partial charge in [-0.05, 0) is 71.9 Å². The molecule has 2 aromatic carbocycles. The minimum absolute atomic E-state index is 0.191. The second kappa shape index (κ2) is 11.5. The minimum atomic E-state index is 0.191. The van der Waals surface area contributed by atoms with Gasteiger partial charge in [-0.1, -0.05) is 56.7 Å². The highest BCUT2D eigenvalue weighted by Crippen LogP contribution is 2.33. The van der Waals surface area contributed by atoms with Crippen molar-refractivity contribution in [2.45, 2.75) is 71.1 Å². The van der Waals surface area contributed by atoms with Crippen molar-refractivity contribution in [2.24, 2.45) is 11.8 Å². The molecule has 2 aromatic rings. The fourth-order valence-corrected chi connectivity index (χ4v) is 5.11. The lowest BCUT2D eigenvalue weighted by Gasteiger charge is -2.25. The lowest BCUT2D eigenvalue weighted by Crippen LogP contribution is -2.16. The number of benzene rings is 2. The summed E-state index contributed by atoms with van der Waals surface area (Å²) in [5, 5.41) is 0. The molecule has 0 atom stereocenters. The SMILES string of the molecule is C=C(CCC(=O)CC1CCC(C)CC1)c1ccccc1CCC(=O)Cc1ccc2c(c1)OCO2. The summed E-state index contributed by atoms with van der Waals surface area (Å²) in [4.78, 5) is 25.2. The molecule has 1 heterocycles. The summed E-state index contributed by atoms with van der Waals surface area (Å²) in [5.41, 5.74) is 4.14. The predicted molar refractivity (Wildman–Crippen MR) is 135 cm³/mol. The van der Waals surface area contributed by atoms with E-state index >= 15 is 0 Å². The van der Waals surface area contributed by atoms with Crippen molar-refractivity contribution in [1.29, 1.82) is 0 Å². The van der Waals surface area contributed by atoms with E-state index in [1.54, 1.807) is 0 Å². The summed E-state index contributed by atoms with van der Waals surface area (Å²) in [6.45, 7) is 6.82. The van der Waals surface area contributed by atoms with Gasteiger partial charge in [0.05, 0.1) is 0 Å². The van der Waals surface area contributed by atoms with Gasteiger partial charge in [-0.15, -0.1) is 0 Å². The fourth-order valence-electron chi connectivity index (χ4n) is 5.11. The smallest absolute Gasteiger partial charge is 0.231 e. The second-order valence-electron chi connectivity index (χ2n) is 10.0. The number of carbonyl (C=O) groups is 2. The molecule has 1 saturated carbocycles. The molecule has 1 fully saturated rings. The number of aryl methyl sites for hydroxylation is 1. The first-order valence-corrected chi connectivity index (χ1v) is 12.7. The molecule has 34 heavy (non-hydrogen) atoms. The topological polar surface area (TPSA) is 52.6 Å². The Morgan fingerprint density at radius 3 is 2.50 bits per heavy atom. The summed E-state index contributed by atoms with van der Waals surface area (Å²) < 4.78 is 10.8. The molecule has 0 saturated heterocycles. The summed E-state index contributed by atoms with van der Waals surface area (Å²) in [6, 6.07) is 13.8. The third-order valence-electron chi connectivity index (χ3n) is 7.27. The van der Waals surface area contributed by atoms with E-state index in [1.165, 1.54) is 25.7 Å². The van der Waals surface area contributed by atoms with E-state index in [2.05, 4.69) is 25.6 Å². The zero-order valence-corrected chi connectivity index (χ0v) is 20.3. The Hall–Kier alpha value is -2.88. The molecule has 4 nitrogen and oxygen atoms in total. The van der Waals surface area contributed by atoms with Crippen LogP contribution < -0.4 is 9.47 Å². The number of Topliss-reactive ketones (excluding diaryl/α,β-unsaturated/α-hetero) is 2. The highest BCUT2D eigenvalue weighted by atomic mass is 16.7. The predicted octanol–water partition coefficient (Wildman–Crippen LogP) is 6.74. The molecule has 1 aliphatic carbocycles. The van der Waals surface area contributed by atoms with Gasteiger partial charge in [0.15, 0.2) is 11.5 Å². The standard InChI is InChI=1S/C30H36O4/c1-21-7-10-23(11-8-21)17-26(31)14-9-22(2)28-6-4-3-5-25(28)13-15-27(32)18-24-12-16-29-30(19-24)34-20-33-29/h3-6,12,16,19,21,23H,2,7-11,13-15,17-18,20H2,1H3. The van der Waals surface area contributed by atoms with Crippen molar-refractivity contribution in [3.05, 3.63) is 65.7 Å². The lowest BCUT2D eigenvalue weighted by atomic mass is 9.80. The van der Waals surface area contributed by atoms with Gasteiger partial charge in [-0.2, -0.15) is 0 Å². The fraction of sp³-hybridized carbons (Fsp3) is 0.467. The van der Waals surface area contributed by atoms with Crippen molar-refractivity contribution in [3.8, 4) is 11.5 Å². The third-order valence-corrected chi connectivity index (χ3v) is 7.27. The number of carbonyl (C=O) groups excluding carboxylic acids is 2. The first kappa shape index (κ1) is 24.3. The first-order valence-electron chi connectivity index (χ1n) is 12.7. The average molecular weight is 461 g/mol. The maximum absolute atomic E-state index is 12.7. The molecular weight excluding hydrogens is 424 g/mol. The number of ketones is 2. The minimum Gasteiger partial charge on any atom is -0.454 e. The van der Waals surface area contributed by atoms with Gasteiger partial charge < -0.3 is 9.47 Å². The monoisotopic (exact) mass is 460 g/mol. The van der Waals surface area contributed by atoms with Crippen LogP contribution in [0.15, 0.2) is 49.0 Å². The quantitative estimate of drug-likeness (QED) is 0.373. The van der Waals surface area contributed by atoms with Crippen molar-refractivity contribution >= 4 is 17.1 Å². The Morgan fingerprint density at radius 2 is 1.68 bits per heavy atom. The molecule has 4 heteroatoms. The second-order valence-corrected chi connectivity index (χ2v) is 10.0. The summed E-state index contributed by atoms with van der Waals surface area (Å²) in [5.74, 6) is 3.37. The van der Waals surface area contributed by atoms with E-state index in [-0.39, 0.29) is 12.6 Å². The third kappa shape index (κ3) is 6.59. The lowest BCUT2D eigenvalue weighted by molar-refractivity contribution is -0.120. The summed E-state index contributed by atoms with van der Waals surface area (Å²) >= 11 is 0. The molecule has 0 N–H and O–H groups in total. The van der Waals surface area contributed by atoms with Crippen LogP contribution in [0.3, 0.4) is 0 Å². The number of allylic oxidation sites excluding steroid dienone is 1. The van der Waals surface area contributed by atoms with Crippen LogP contribution in [0.5, 0.6) is 11.5 Å². The summed E-state index contributed by atoms with van der Waals surface area (Å²) in [6.07, 6.45) is 8.38. The molecule has 0 radical (unpaired) electrons. The Kier molecular flexibility index (Phi) is 8.21. The van der Waals surface area contributed by atoms with Crippen LogP contribution >= 0.6 is 0 Å². The Morgan fingerprint density at radius 1 is 0.912 bits per heavy atom. The van der Waals surface area contributed by atoms with Gasteiger partial charge in [-0.3, -0.25) is 9.59 Å². The molecule has 0 amide bonds. The Balaban J connectivity index is 1.26. The van der Waals surface area contributed by atoms with Gasteiger partial charge in [0.25, 0.3) is 0 Å². The molecule has 2 aliphatic rings. The van der Waals surface area contributed by atoms with Gasteiger partial charge in [0, 0.05) is 25.7 Å². The molecule has 4 rings (SSSR count). The van der Waals surface area contributed by atoms with Crippen molar-refractivity contribution in [1.82, 2.24) is 0 Å². The van der Waals surface area contributed by atoms with Crippen LogP contribution in [-0.2, 0) is 22.4 Å². The highest BCUT2D eigenvalue weighted by molar-refractivity contribution is 5.82. The van der Waals surface area contributed by atoms with Crippen LogP contribution in [0.1, 0.15) is 75.0 Å². The number of fused-ring (bicyclic) bond motifs is 1. The van der Waals surface area contributed by atoms with Crippen LogP contribution in [0, 0.1) is 11.8 Å². The van der Waals surface area contributed by atoms with Gasteiger partial charge in [-0.25, -0.2) is 0 Å². The summed E-state index contributed by atoms with van der Waals surface area (Å²) in [7, 11) is 0. The van der Waals surface area contributed by atoms with Crippen molar-refractivity contribution in [3.63, 3.8) is 0 Å². The zero-order valence-electron chi connectivity index (χ0n) is 20.3. The molecule has 0 bridgehead atoms. The molecule has 0 aromatic heterocycles. The molecule has 0 spiro atoms. The number of rotatable bonds is 11. The van der Waals surface area contributed by atoms with Gasteiger partial charge in [0.1, 0.15) is 11.6 Å². The zero-order chi connectivity index (χ0) is 23.9. The Labute approximate surface area is 203 Å². The molecule has 1 aliphatic heterocycles. The van der Waals surface area contributed by atoms with E-state index in [0.29, 0.717) is 49.6 Å². The van der Waals surface area contributed by atoms with E-state index in [4.69, 9.17) is 9.47 Å². The number of hydrogen-bond donors (Lipinski definition) is 0. The normalized spacial score (nSPS) is 19.1. The average Bonchev–Trinajstić information content (AvgIpc) is 3.31. The van der Waals surface area contributed by atoms with Gasteiger partial charge in [0.2, 0.25) is 6.79 Å². The van der Waals surface area contributed by atoms with Crippen molar-refractivity contribution < 1.29 is 19.1 Å². The maximum Gasteiger partial charge on any atom is 0.231 e. The first-order chi connectivity index (χ1) is 16.5. The molecular formula is C30H36O4. The van der Waals surface area contributed by atoms with Crippen LogP contribution in [0.25, 0.3) is 5.57 Å². The largest absolute Gasteiger partial charge is 0.454 e. The van der Waals surface area contributed by atoms with Crippen LogP contribution in [0.4, 0.5) is 0 Å². The molecule has 180 valence electrons. The Bertz CT molecular complexity index is 1030. The number of ether oxygens (including phenoxy) is 2.